The Balaban J connectivity index is 2.15. The van der Waals surface area contributed by atoms with E-state index in [9.17, 15) is 4.79 Å². The van der Waals surface area contributed by atoms with E-state index in [0.29, 0.717) is 22.7 Å². The zero-order valence-corrected chi connectivity index (χ0v) is 10.0. The molecule has 0 saturated heterocycles. The summed E-state index contributed by atoms with van der Waals surface area (Å²) in [4.78, 5) is 11.1. The van der Waals surface area contributed by atoms with E-state index in [1.165, 1.54) is 12.5 Å². The molecule has 96 valence electrons. The van der Waals surface area contributed by atoms with Crippen molar-refractivity contribution in [3.63, 3.8) is 0 Å². The number of benzene rings is 1. The highest BCUT2D eigenvalue weighted by Crippen LogP contribution is 2.32. The van der Waals surface area contributed by atoms with Gasteiger partial charge in [-0.15, -0.1) is 0 Å². The summed E-state index contributed by atoms with van der Waals surface area (Å²) in [5.74, 6) is 0.113. The predicted molar refractivity (Wildman–Crippen MR) is 67.4 cm³/mol. The third kappa shape index (κ3) is 1.85. The van der Waals surface area contributed by atoms with Crippen LogP contribution in [0.25, 0.3) is 22.3 Å². The van der Waals surface area contributed by atoms with Gasteiger partial charge in [-0.3, -0.25) is 0 Å². The van der Waals surface area contributed by atoms with Crippen LogP contribution in [0.15, 0.2) is 45.6 Å². The van der Waals surface area contributed by atoms with Crippen LogP contribution in [-0.2, 0) is 0 Å². The van der Waals surface area contributed by atoms with Crippen molar-refractivity contribution >= 4 is 16.9 Å². The molecule has 0 aliphatic heterocycles. The van der Waals surface area contributed by atoms with Gasteiger partial charge in [0.15, 0.2) is 0 Å². The molecule has 0 radical (unpaired) electrons. The summed E-state index contributed by atoms with van der Waals surface area (Å²) in [6.07, 6.45) is 2.55. The monoisotopic (exact) mass is 258 g/mol. The molecule has 0 spiro atoms. The summed E-state index contributed by atoms with van der Waals surface area (Å²) < 4.78 is 15.7. The highest BCUT2D eigenvalue weighted by molar-refractivity contribution is 5.96. The van der Waals surface area contributed by atoms with E-state index in [-0.39, 0.29) is 5.56 Å². The summed E-state index contributed by atoms with van der Waals surface area (Å²) in [6.45, 7) is 0. The van der Waals surface area contributed by atoms with Crippen molar-refractivity contribution < 1.29 is 23.5 Å². The van der Waals surface area contributed by atoms with Crippen LogP contribution >= 0.6 is 0 Å². The number of rotatable bonds is 3. The summed E-state index contributed by atoms with van der Waals surface area (Å²) >= 11 is 0. The molecule has 2 aromatic heterocycles. The highest BCUT2D eigenvalue weighted by Gasteiger charge is 2.17. The van der Waals surface area contributed by atoms with Crippen LogP contribution in [0.5, 0.6) is 5.75 Å². The molecule has 19 heavy (non-hydrogen) atoms. The van der Waals surface area contributed by atoms with E-state index in [2.05, 4.69) is 0 Å². The number of hydrogen-bond donors (Lipinski definition) is 1. The molecule has 3 aromatic rings. The lowest BCUT2D eigenvalue weighted by Crippen LogP contribution is -1.95. The summed E-state index contributed by atoms with van der Waals surface area (Å²) in [7, 11) is 1.58. The summed E-state index contributed by atoms with van der Waals surface area (Å²) in [5, 5.41) is 9.89. The molecule has 1 N–H and O–H groups in total. The molecular weight excluding hydrogens is 248 g/mol. The number of hydrogen-bond acceptors (Lipinski definition) is 4. The molecule has 0 unspecified atom stereocenters. The SMILES string of the molecule is COc1ccc2oc(-c3cocc3C(=O)O)cc2c1. The van der Waals surface area contributed by atoms with Crippen molar-refractivity contribution in [2.45, 2.75) is 0 Å². The van der Waals surface area contributed by atoms with Gasteiger partial charge < -0.3 is 18.7 Å². The molecule has 5 nitrogen and oxygen atoms in total. The Labute approximate surface area is 108 Å². The molecule has 1 aromatic carbocycles. The van der Waals surface area contributed by atoms with Gasteiger partial charge in [-0.25, -0.2) is 4.79 Å². The third-order valence-corrected chi connectivity index (χ3v) is 2.88. The van der Waals surface area contributed by atoms with Crippen molar-refractivity contribution in [3.05, 3.63) is 42.4 Å². The number of carbonyl (C=O) groups is 1. The molecule has 0 aliphatic rings. The van der Waals surface area contributed by atoms with Crippen LogP contribution in [0.4, 0.5) is 0 Å². The van der Waals surface area contributed by atoms with Crippen LogP contribution < -0.4 is 4.74 Å². The molecule has 0 amide bonds. The van der Waals surface area contributed by atoms with Crippen molar-refractivity contribution in [3.8, 4) is 17.1 Å². The second-order valence-electron chi connectivity index (χ2n) is 4.02. The quantitative estimate of drug-likeness (QED) is 0.779. The normalized spacial score (nSPS) is 10.8. The molecule has 3 rings (SSSR count). The lowest BCUT2D eigenvalue weighted by molar-refractivity contribution is 0.0696. The molecular formula is C14H10O5. The Hall–Kier alpha value is -2.69. The molecule has 5 heteroatoms. The van der Waals surface area contributed by atoms with E-state index in [1.54, 1.807) is 25.3 Å². The van der Waals surface area contributed by atoms with Gasteiger partial charge in [0, 0.05) is 5.39 Å². The van der Waals surface area contributed by atoms with Gasteiger partial charge in [-0.1, -0.05) is 0 Å². The van der Waals surface area contributed by atoms with Crippen molar-refractivity contribution in [2.75, 3.05) is 7.11 Å². The van der Waals surface area contributed by atoms with E-state index >= 15 is 0 Å². The Morgan fingerprint density at radius 3 is 2.84 bits per heavy atom. The largest absolute Gasteiger partial charge is 0.497 e. The van der Waals surface area contributed by atoms with Gasteiger partial charge in [0.1, 0.15) is 35.2 Å². The number of fused-ring (bicyclic) bond motifs is 1. The van der Waals surface area contributed by atoms with E-state index in [1.807, 2.05) is 6.07 Å². The maximum absolute atomic E-state index is 11.1. The molecule has 0 bridgehead atoms. The average molecular weight is 258 g/mol. The van der Waals surface area contributed by atoms with Gasteiger partial charge in [-0.05, 0) is 24.3 Å². The summed E-state index contributed by atoms with van der Waals surface area (Å²) in [5.41, 5.74) is 1.15. The standard InChI is InChI=1S/C14H10O5/c1-17-9-2-3-12-8(4-9)5-13(19-12)10-6-18-7-11(10)14(15)16/h2-7H,1H3,(H,15,16). The van der Waals surface area contributed by atoms with Crippen LogP contribution in [0, 0.1) is 0 Å². The fourth-order valence-corrected chi connectivity index (χ4v) is 1.93. The Bertz CT molecular complexity index is 750. The van der Waals surface area contributed by atoms with Gasteiger partial charge in [0.25, 0.3) is 0 Å². The minimum atomic E-state index is -1.05. The predicted octanol–water partition coefficient (Wildman–Crippen LogP) is 3.40. The minimum absolute atomic E-state index is 0.0750. The molecule has 0 saturated carbocycles. The zero-order valence-electron chi connectivity index (χ0n) is 10.0. The summed E-state index contributed by atoms with van der Waals surface area (Å²) in [6, 6.07) is 7.14. The van der Waals surface area contributed by atoms with Gasteiger partial charge in [0.05, 0.1) is 12.7 Å². The van der Waals surface area contributed by atoms with Crippen molar-refractivity contribution in [1.29, 1.82) is 0 Å². The van der Waals surface area contributed by atoms with E-state index < -0.39 is 5.97 Å². The van der Waals surface area contributed by atoms with Gasteiger partial charge >= 0.3 is 5.97 Å². The Morgan fingerprint density at radius 2 is 2.11 bits per heavy atom. The fourth-order valence-electron chi connectivity index (χ4n) is 1.93. The number of furan rings is 2. The first-order valence-corrected chi connectivity index (χ1v) is 5.56. The first-order chi connectivity index (χ1) is 9.19. The smallest absolute Gasteiger partial charge is 0.339 e. The molecule has 2 heterocycles. The van der Waals surface area contributed by atoms with E-state index in [4.69, 9.17) is 18.7 Å². The maximum atomic E-state index is 11.1. The van der Waals surface area contributed by atoms with Crippen LogP contribution in [0.3, 0.4) is 0 Å². The Kier molecular flexibility index (Phi) is 2.52. The number of carboxylic acid groups (broad SMARTS) is 1. The highest BCUT2D eigenvalue weighted by atomic mass is 16.5. The third-order valence-electron chi connectivity index (χ3n) is 2.88. The van der Waals surface area contributed by atoms with Crippen LogP contribution in [-0.4, -0.2) is 18.2 Å². The average Bonchev–Trinajstić information content (AvgIpc) is 3.03. The molecule has 0 atom stereocenters. The van der Waals surface area contributed by atoms with Crippen LogP contribution in [0.1, 0.15) is 10.4 Å². The van der Waals surface area contributed by atoms with E-state index in [0.717, 1.165) is 5.39 Å². The first kappa shape index (κ1) is 11.4. The lowest BCUT2D eigenvalue weighted by atomic mass is 10.1. The number of aromatic carboxylic acids is 1. The number of ether oxygens (including phenoxy) is 1. The zero-order chi connectivity index (χ0) is 13.4. The second kappa shape index (κ2) is 4.20. The van der Waals surface area contributed by atoms with Crippen LogP contribution in [0.2, 0.25) is 0 Å². The molecule has 0 fully saturated rings. The van der Waals surface area contributed by atoms with Crippen molar-refractivity contribution in [2.24, 2.45) is 0 Å². The molecule has 0 aliphatic carbocycles. The van der Waals surface area contributed by atoms with Gasteiger partial charge in [0.2, 0.25) is 0 Å². The first-order valence-electron chi connectivity index (χ1n) is 5.56. The second-order valence-corrected chi connectivity index (χ2v) is 4.02. The topological polar surface area (TPSA) is 72.8 Å². The maximum Gasteiger partial charge on any atom is 0.339 e. The number of carboxylic acids is 1. The van der Waals surface area contributed by atoms with Crippen molar-refractivity contribution in [1.82, 2.24) is 0 Å². The fraction of sp³-hybridized carbons (Fsp3) is 0.0714. The Morgan fingerprint density at radius 1 is 1.26 bits per heavy atom. The number of methoxy groups -OCH3 is 1. The lowest BCUT2D eigenvalue weighted by Gasteiger charge is -1.96. The van der Waals surface area contributed by atoms with Gasteiger partial charge in [-0.2, -0.15) is 0 Å². The minimum Gasteiger partial charge on any atom is -0.497 e.